The maximum atomic E-state index is 5.78. The first-order valence-electron chi connectivity index (χ1n) is 7.01. The Morgan fingerprint density at radius 2 is 2.24 bits per heavy atom. The van der Waals surface area contributed by atoms with Crippen molar-refractivity contribution < 1.29 is 4.74 Å². The Balaban J connectivity index is 2.03. The van der Waals surface area contributed by atoms with Crippen molar-refractivity contribution >= 4 is 23.3 Å². The molecule has 2 heterocycles. The molecule has 0 saturated carbocycles. The Morgan fingerprint density at radius 1 is 1.38 bits per heavy atom. The molecule has 0 spiro atoms. The van der Waals surface area contributed by atoms with Crippen LogP contribution < -0.4 is 4.74 Å². The number of hydrogen-bond donors (Lipinski definition) is 1. The van der Waals surface area contributed by atoms with Gasteiger partial charge in [-0.15, -0.1) is 0 Å². The van der Waals surface area contributed by atoms with Crippen molar-refractivity contribution in [2.75, 3.05) is 6.61 Å². The van der Waals surface area contributed by atoms with Crippen molar-refractivity contribution in [2.45, 2.75) is 19.9 Å². The lowest BCUT2D eigenvalue weighted by molar-refractivity contribution is 0.320. The summed E-state index contributed by atoms with van der Waals surface area (Å²) < 4.78 is 10.3. The minimum atomic E-state index is 0.696. The molecular formula is C15H18N4OS. The van der Waals surface area contributed by atoms with Gasteiger partial charge in [0.1, 0.15) is 11.3 Å². The second-order valence-electron chi connectivity index (χ2n) is 5.04. The second kappa shape index (κ2) is 5.73. The van der Waals surface area contributed by atoms with Crippen LogP contribution in [0.3, 0.4) is 0 Å². The zero-order valence-corrected chi connectivity index (χ0v) is 13.0. The van der Waals surface area contributed by atoms with E-state index in [1.165, 1.54) is 0 Å². The predicted octanol–water partition coefficient (Wildman–Crippen LogP) is 3.27. The first-order chi connectivity index (χ1) is 10.2. The normalized spacial score (nSPS) is 11.1. The van der Waals surface area contributed by atoms with E-state index in [0.717, 1.165) is 28.8 Å². The van der Waals surface area contributed by atoms with Crippen LogP contribution in [0.4, 0.5) is 0 Å². The number of fused-ring (bicyclic) bond motifs is 1. The van der Waals surface area contributed by atoms with Gasteiger partial charge in [-0.05, 0) is 30.8 Å². The second-order valence-corrected chi connectivity index (χ2v) is 5.42. The molecule has 0 amide bonds. The molecule has 0 aliphatic carbocycles. The number of aryl methyl sites for hydroxylation is 1. The van der Waals surface area contributed by atoms with Gasteiger partial charge in [-0.2, -0.15) is 5.10 Å². The number of imidazole rings is 1. The summed E-state index contributed by atoms with van der Waals surface area (Å²) in [5.74, 6) is 0.852. The van der Waals surface area contributed by atoms with Crippen LogP contribution in [0.2, 0.25) is 0 Å². The number of ether oxygens (including phenoxy) is 1. The highest BCUT2D eigenvalue weighted by Gasteiger charge is 2.10. The Hall–Kier alpha value is -2.08. The highest BCUT2D eigenvalue weighted by molar-refractivity contribution is 7.71. The molecule has 0 atom stereocenters. The molecular weight excluding hydrogens is 284 g/mol. The van der Waals surface area contributed by atoms with Gasteiger partial charge in [-0.3, -0.25) is 4.68 Å². The van der Waals surface area contributed by atoms with Crippen LogP contribution >= 0.6 is 12.2 Å². The zero-order valence-electron chi connectivity index (χ0n) is 12.2. The van der Waals surface area contributed by atoms with Crippen molar-refractivity contribution in [2.24, 2.45) is 7.05 Å². The van der Waals surface area contributed by atoms with Gasteiger partial charge >= 0.3 is 0 Å². The van der Waals surface area contributed by atoms with Gasteiger partial charge in [-0.1, -0.05) is 13.0 Å². The third-order valence-electron chi connectivity index (χ3n) is 3.33. The van der Waals surface area contributed by atoms with E-state index in [9.17, 15) is 0 Å². The van der Waals surface area contributed by atoms with E-state index >= 15 is 0 Å². The molecule has 3 aromatic rings. The van der Waals surface area contributed by atoms with Crippen LogP contribution in [0, 0.1) is 4.77 Å². The number of nitrogens with zero attached hydrogens (tertiary/aromatic N) is 3. The number of rotatable bonds is 5. The molecule has 0 aliphatic heterocycles. The molecule has 6 heteroatoms. The highest BCUT2D eigenvalue weighted by atomic mass is 32.1. The molecule has 110 valence electrons. The van der Waals surface area contributed by atoms with Crippen LogP contribution in [0.25, 0.3) is 11.0 Å². The van der Waals surface area contributed by atoms with Gasteiger partial charge in [0.25, 0.3) is 0 Å². The maximum Gasteiger partial charge on any atom is 0.178 e. The van der Waals surface area contributed by atoms with E-state index in [2.05, 4.69) is 27.6 Å². The topological polar surface area (TPSA) is 47.8 Å². The molecule has 0 saturated heterocycles. The van der Waals surface area contributed by atoms with E-state index < -0.39 is 0 Å². The summed E-state index contributed by atoms with van der Waals surface area (Å²) >= 11 is 5.46. The van der Waals surface area contributed by atoms with E-state index in [1.807, 2.05) is 31.6 Å². The summed E-state index contributed by atoms with van der Waals surface area (Å²) in [5, 5.41) is 4.20. The number of para-hydroxylation sites is 1. The average molecular weight is 302 g/mol. The monoisotopic (exact) mass is 302 g/mol. The number of benzene rings is 1. The molecule has 0 fully saturated rings. The summed E-state index contributed by atoms with van der Waals surface area (Å²) in [6, 6.07) is 6.02. The predicted molar refractivity (Wildman–Crippen MR) is 85.2 cm³/mol. The third kappa shape index (κ3) is 2.71. The first kappa shape index (κ1) is 13.9. The number of aromatic nitrogens is 4. The van der Waals surface area contributed by atoms with Gasteiger partial charge < -0.3 is 14.3 Å². The Morgan fingerprint density at radius 3 is 2.95 bits per heavy atom. The van der Waals surface area contributed by atoms with Crippen LogP contribution in [-0.2, 0) is 13.6 Å². The summed E-state index contributed by atoms with van der Waals surface area (Å²) in [7, 11) is 1.91. The maximum absolute atomic E-state index is 5.78. The summed E-state index contributed by atoms with van der Waals surface area (Å²) in [6.07, 6.45) is 4.84. The average Bonchev–Trinajstić information content (AvgIpc) is 3.02. The van der Waals surface area contributed by atoms with Crippen molar-refractivity contribution in [1.82, 2.24) is 19.3 Å². The van der Waals surface area contributed by atoms with Gasteiger partial charge in [0, 0.05) is 18.8 Å². The van der Waals surface area contributed by atoms with Gasteiger partial charge in [0.2, 0.25) is 0 Å². The Bertz CT molecular complexity index is 815. The largest absolute Gasteiger partial charge is 0.491 e. The van der Waals surface area contributed by atoms with Crippen molar-refractivity contribution in [3.05, 3.63) is 40.9 Å². The fourth-order valence-corrected chi connectivity index (χ4v) is 2.64. The number of aromatic amines is 1. The molecule has 0 radical (unpaired) electrons. The quantitative estimate of drug-likeness (QED) is 0.736. The SMILES string of the molecule is CCCOc1cccc2c1[nH]c(=S)n2Cc1cnn(C)c1. The summed E-state index contributed by atoms with van der Waals surface area (Å²) in [4.78, 5) is 3.26. The smallest absolute Gasteiger partial charge is 0.178 e. The number of hydrogen-bond acceptors (Lipinski definition) is 3. The van der Waals surface area contributed by atoms with Crippen LogP contribution in [-0.4, -0.2) is 25.9 Å². The molecule has 1 aromatic carbocycles. The van der Waals surface area contributed by atoms with Crippen LogP contribution in [0.5, 0.6) is 5.75 Å². The standard InChI is InChI=1S/C15H18N4OS/c1-3-7-20-13-6-4-5-12-14(13)17-15(21)19(12)10-11-8-16-18(2)9-11/h4-6,8-9H,3,7,10H2,1-2H3,(H,17,21). The van der Waals surface area contributed by atoms with Gasteiger partial charge in [0.15, 0.2) is 4.77 Å². The zero-order chi connectivity index (χ0) is 14.8. The summed E-state index contributed by atoms with van der Waals surface area (Å²) in [6.45, 7) is 3.49. The van der Waals surface area contributed by atoms with Crippen molar-refractivity contribution in [3.8, 4) is 5.75 Å². The van der Waals surface area contributed by atoms with E-state index in [0.29, 0.717) is 17.9 Å². The third-order valence-corrected chi connectivity index (χ3v) is 3.66. The van der Waals surface area contributed by atoms with Crippen LogP contribution in [0.15, 0.2) is 30.6 Å². The number of H-pyrrole nitrogens is 1. The lowest BCUT2D eigenvalue weighted by Crippen LogP contribution is -1.99. The fraction of sp³-hybridized carbons (Fsp3) is 0.333. The van der Waals surface area contributed by atoms with Crippen molar-refractivity contribution in [3.63, 3.8) is 0 Å². The fourth-order valence-electron chi connectivity index (χ4n) is 2.38. The molecule has 0 bridgehead atoms. The molecule has 1 N–H and O–H groups in total. The summed E-state index contributed by atoms with van der Waals surface area (Å²) in [5.41, 5.74) is 3.13. The lowest BCUT2D eigenvalue weighted by Gasteiger charge is -2.06. The molecule has 21 heavy (non-hydrogen) atoms. The van der Waals surface area contributed by atoms with Crippen molar-refractivity contribution in [1.29, 1.82) is 0 Å². The molecule has 2 aromatic heterocycles. The van der Waals surface area contributed by atoms with Gasteiger partial charge in [0.05, 0.1) is 24.9 Å². The molecule has 5 nitrogen and oxygen atoms in total. The van der Waals surface area contributed by atoms with Gasteiger partial charge in [-0.25, -0.2) is 0 Å². The van der Waals surface area contributed by atoms with E-state index in [4.69, 9.17) is 17.0 Å². The first-order valence-corrected chi connectivity index (χ1v) is 7.41. The molecule has 0 unspecified atom stereocenters. The minimum Gasteiger partial charge on any atom is -0.491 e. The van der Waals surface area contributed by atoms with E-state index in [1.54, 1.807) is 4.68 Å². The molecule has 3 rings (SSSR count). The van der Waals surface area contributed by atoms with E-state index in [-0.39, 0.29) is 0 Å². The lowest BCUT2D eigenvalue weighted by atomic mass is 10.2. The molecule has 0 aliphatic rings. The number of nitrogens with one attached hydrogen (secondary N) is 1. The minimum absolute atomic E-state index is 0.696. The Labute approximate surface area is 128 Å². The highest BCUT2D eigenvalue weighted by Crippen LogP contribution is 2.25. The van der Waals surface area contributed by atoms with Crippen LogP contribution in [0.1, 0.15) is 18.9 Å². The Kier molecular flexibility index (Phi) is 3.79.